The van der Waals surface area contributed by atoms with Crippen LogP contribution in [0.3, 0.4) is 0 Å². The second kappa shape index (κ2) is 9.46. The SMILES string of the molecule is CCCCCO[P@@](C)(=S)O[C@@H](C)C[NH+]1CCCCC1. The maximum atomic E-state index is 6.00. The van der Waals surface area contributed by atoms with E-state index in [0.29, 0.717) is 0 Å². The molecule has 1 saturated heterocycles. The van der Waals surface area contributed by atoms with Gasteiger partial charge in [-0.3, -0.25) is 0 Å². The summed E-state index contributed by atoms with van der Waals surface area (Å²) in [5.41, 5.74) is 0. The van der Waals surface area contributed by atoms with E-state index in [2.05, 4.69) is 13.8 Å². The summed E-state index contributed by atoms with van der Waals surface area (Å²) in [7, 11) is 0. The van der Waals surface area contributed by atoms with E-state index in [1.807, 2.05) is 6.66 Å². The molecule has 2 atom stereocenters. The fourth-order valence-electron chi connectivity index (χ4n) is 2.64. The molecule has 0 aliphatic carbocycles. The molecule has 0 spiro atoms. The summed E-state index contributed by atoms with van der Waals surface area (Å²) in [5.74, 6) is 0. The smallest absolute Gasteiger partial charge is 0.186 e. The van der Waals surface area contributed by atoms with Crippen LogP contribution in [0.2, 0.25) is 0 Å². The molecule has 1 aliphatic heterocycles. The summed E-state index contributed by atoms with van der Waals surface area (Å²) in [4.78, 5) is 1.67. The second-order valence-electron chi connectivity index (χ2n) is 5.74. The number of hydrogen-bond acceptors (Lipinski definition) is 3. The molecule has 0 aromatic carbocycles. The molecule has 1 rings (SSSR count). The fourth-order valence-corrected chi connectivity index (χ4v) is 4.55. The van der Waals surface area contributed by atoms with E-state index in [9.17, 15) is 0 Å². The van der Waals surface area contributed by atoms with Crippen LogP contribution >= 0.6 is 6.49 Å². The third-order valence-corrected chi connectivity index (χ3v) is 5.55. The van der Waals surface area contributed by atoms with Crippen LogP contribution in [0, 0.1) is 0 Å². The number of likely N-dealkylation sites (tertiary alicyclic amines) is 1. The summed E-state index contributed by atoms with van der Waals surface area (Å²) in [5, 5.41) is 0. The van der Waals surface area contributed by atoms with Gasteiger partial charge in [-0.1, -0.05) is 19.8 Å². The van der Waals surface area contributed by atoms with Gasteiger partial charge >= 0.3 is 0 Å². The van der Waals surface area contributed by atoms with Crippen molar-refractivity contribution in [2.75, 3.05) is 32.9 Å². The Morgan fingerprint density at radius 1 is 1.21 bits per heavy atom. The van der Waals surface area contributed by atoms with Crippen molar-refractivity contribution in [2.24, 2.45) is 0 Å². The number of rotatable bonds is 9. The Morgan fingerprint density at radius 3 is 2.53 bits per heavy atom. The molecule has 0 unspecified atom stereocenters. The normalized spacial score (nSPS) is 22.1. The van der Waals surface area contributed by atoms with Crippen molar-refractivity contribution in [2.45, 2.75) is 58.5 Å². The largest absolute Gasteiger partial charge is 0.333 e. The number of quaternary nitrogens is 1. The van der Waals surface area contributed by atoms with Crippen LogP contribution in [0.1, 0.15) is 52.4 Å². The zero-order chi connectivity index (χ0) is 14.1. The minimum atomic E-state index is -2.04. The first-order valence-corrected chi connectivity index (χ1v) is 10.9. The summed E-state index contributed by atoms with van der Waals surface area (Å²) in [6.07, 6.45) is 7.85. The highest BCUT2D eigenvalue weighted by Crippen LogP contribution is 2.45. The van der Waals surface area contributed by atoms with Crippen molar-refractivity contribution in [3.8, 4) is 0 Å². The minimum absolute atomic E-state index is 0.218. The maximum absolute atomic E-state index is 6.00. The molecule has 0 amide bonds. The zero-order valence-electron chi connectivity index (χ0n) is 12.8. The topological polar surface area (TPSA) is 22.9 Å². The van der Waals surface area contributed by atoms with Crippen molar-refractivity contribution in [3.05, 3.63) is 0 Å². The molecule has 0 aromatic heterocycles. The molecule has 3 nitrogen and oxygen atoms in total. The van der Waals surface area contributed by atoms with Gasteiger partial charge in [0.05, 0.1) is 19.7 Å². The molecule has 19 heavy (non-hydrogen) atoms. The molecule has 0 saturated carbocycles. The molecule has 1 fully saturated rings. The van der Waals surface area contributed by atoms with Crippen LogP contribution in [0.25, 0.3) is 0 Å². The monoisotopic (exact) mass is 308 g/mol. The van der Waals surface area contributed by atoms with Crippen molar-refractivity contribution >= 4 is 18.3 Å². The molecule has 1 N–H and O–H groups in total. The van der Waals surface area contributed by atoms with Gasteiger partial charge in [-0.05, 0) is 44.4 Å². The first kappa shape index (κ1) is 17.6. The highest BCUT2D eigenvalue weighted by molar-refractivity contribution is 8.09. The van der Waals surface area contributed by atoms with Gasteiger partial charge in [-0.15, -0.1) is 0 Å². The van der Waals surface area contributed by atoms with Crippen molar-refractivity contribution < 1.29 is 13.9 Å². The first-order valence-electron chi connectivity index (χ1n) is 7.77. The standard InChI is InChI=1S/C14H30NO2PS/c1-4-5-9-12-16-18(3,19)17-14(2)13-15-10-7-6-8-11-15/h14H,4-13H2,1-3H3/p+1/t14-,18+/m0/s1. The molecule has 1 heterocycles. The molecule has 0 bridgehead atoms. The predicted octanol–water partition coefficient (Wildman–Crippen LogP) is 2.61. The van der Waals surface area contributed by atoms with Crippen molar-refractivity contribution in [1.82, 2.24) is 0 Å². The van der Waals surface area contributed by atoms with E-state index in [4.69, 9.17) is 20.9 Å². The minimum Gasteiger partial charge on any atom is -0.333 e. The Hall–Kier alpha value is 0.530. The lowest BCUT2D eigenvalue weighted by molar-refractivity contribution is -0.907. The predicted molar refractivity (Wildman–Crippen MR) is 85.6 cm³/mol. The number of hydrogen-bond donors (Lipinski definition) is 1. The number of piperidine rings is 1. The maximum Gasteiger partial charge on any atom is 0.186 e. The average molecular weight is 308 g/mol. The highest BCUT2D eigenvalue weighted by atomic mass is 32.5. The molecule has 0 aromatic rings. The van der Waals surface area contributed by atoms with Gasteiger partial charge in [-0.25, -0.2) is 0 Å². The second-order valence-corrected chi connectivity index (χ2v) is 9.74. The summed E-state index contributed by atoms with van der Waals surface area (Å²) in [6, 6.07) is 0. The quantitative estimate of drug-likeness (QED) is 0.523. The van der Waals surface area contributed by atoms with Crippen LogP contribution < -0.4 is 4.90 Å². The Morgan fingerprint density at radius 2 is 1.89 bits per heavy atom. The third-order valence-electron chi connectivity index (χ3n) is 3.58. The molecule has 5 heteroatoms. The van der Waals surface area contributed by atoms with Gasteiger partial charge in [0.15, 0.2) is 6.49 Å². The Balaban J connectivity index is 2.20. The van der Waals surface area contributed by atoms with Crippen molar-refractivity contribution in [1.29, 1.82) is 0 Å². The Labute approximate surface area is 124 Å². The number of unbranched alkanes of at least 4 members (excludes halogenated alkanes) is 2. The van der Waals surface area contributed by atoms with Gasteiger partial charge in [0.25, 0.3) is 0 Å². The lowest BCUT2D eigenvalue weighted by atomic mass is 10.1. The lowest BCUT2D eigenvalue weighted by Gasteiger charge is -2.28. The average Bonchev–Trinajstić information content (AvgIpc) is 2.35. The van der Waals surface area contributed by atoms with Crippen LogP contribution in [0.15, 0.2) is 0 Å². The molecular weight excluding hydrogens is 277 g/mol. The van der Waals surface area contributed by atoms with E-state index in [1.54, 1.807) is 4.90 Å². The van der Waals surface area contributed by atoms with Crippen molar-refractivity contribution in [3.63, 3.8) is 0 Å². The first-order chi connectivity index (χ1) is 9.03. The highest BCUT2D eigenvalue weighted by Gasteiger charge is 2.21. The van der Waals surface area contributed by atoms with E-state index in [1.165, 1.54) is 45.2 Å². The molecule has 114 valence electrons. The summed E-state index contributed by atoms with van der Waals surface area (Å²) < 4.78 is 11.8. The zero-order valence-corrected chi connectivity index (χ0v) is 14.5. The van der Waals surface area contributed by atoms with Gasteiger partial charge < -0.3 is 13.9 Å². The number of nitrogens with one attached hydrogen (secondary N) is 1. The fraction of sp³-hybridized carbons (Fsp3) is 1.00. The van der Waals surface area contributed by atoms with Gasteiger partial charge in [0.1, 0.15) is 12.6 Å². The van der Waals surface area contributed by atoms with Gasteiger partial charge in [0, 0.05) is 6.66 Å². The molecule has 0 radical (unpaired) electrons. The Kier molecular flexibility index (Phi) is 8.76. The van der Waals surface area contributed by atoms with E-state index in [-0.39, 0.29) is 6.10 Å². The van der Waals surface area contributed by atoms with Crippen LogP contribution in [0.4, 0.5) is 0 Å². The van der Waals surface area contributed by atoms with Gasteiger partial charge in [-0.2, -0.15) is 0 Å². The Bertz CT molecular complexity index is 283. The molecule has 1 aliphatic rings. The van der Waals surface area contributed by atoms with Crippen LogP contribution in [-0.4, -0.2) is 39.0 Å². The molecular formula is C14H31NO2PS+. The van der Waals surface area contributed by atoms with Crippen LogP contribution in [-0.2, 0) is 20.9 Å². The summed E-state index contributed by atoms with van der Waals surface area (Å²) >= 11 is 5.49. The lowest BCUT2D eigenvalue weighted by Crippen LogP contribution is -3.13. The van der Waals surface area contributed by atoms with Crippen LogP contribution in [0.5, 0.6) is 0 Å². The third kappa shape index (κ3) is 8.41. The summed E-state index contributed by atoms with van der Waals surface area (Å²) in [6.45, 7) is 8.68. The van der Waals surface area contributed by atoms with E-state index >= 15 is 0 Å². The van der Waals surface area contributed by atoms with E-state index in [0.717, 1.165) is 19.6 Å². The van der Waals surface area contributed by atoms with Gasteiger partial charge in [0.2, 0.25) is 0 Å². The van der Waals surface area contributed by atoms with E-state index < -0.39 is 6.49 Å².